The predicted molar refractivity (Wildman–Crippen MR) is 84.7 cm³/mol. The van der Waals surface area contributed by atoms with Gasteiger partial charge in [0.1, 0.15) is 0 Å². The van der Waals surface area contributed by atoms with E-state index in [1.54, 1.807) is 0 Å². The van der Waals surface area contributed by atoms with E-state index in [4.69, 9.17) is 10.9 Å². The van der Waals surface area contributed by atoms with Crippen molar-refractivity contribution in [1.29, 1.82) is 0 Å². The monoisotopic (exact) mass is 279 g/mol. The maximum atomic E-state index is 8.81. The molecule has 1 aromatic heterocycles. The van der Waals surface area contributed by atoms with Crippen LogP contribution in [-0.2, 0) is 6.54 Å². The van der Waals surface area contributed by atoms with Crippen LogP contribution in [0.1, 0.15) is 16.7 Å². The molecule has 0 spiro atoms. The van der Waals surface area contributed by atoms with Gasteiger partial charge in [0.25, 0.3) is 0 Å². The summed E-state index contributed by atoms with van der Waals surface area (Å²) in [6, 6.07) is 16.2. The SMILES string of the molecule is Cc1ccccc1Cn1ccc2ccc(/C(N)=N/O)cc21. The van der Waals surface area contributed by atoms with Gasteiger partial charge in [-0.2, -0.15) is 0 Å². The van der Waals surface area contributed by atoms with Crippen molar-refractivity contribution in [3.05, 3.63) is 71.4 Å². The number of fused-ring (bicyclic) bond motifs is 1. The highest BCUT2D eigenvalue weighted by atomic mass is 16.4. The van der Waals surface area contributed by atoms with Gasteiger partial charge < -0.3 is 15.5 Å². The number of nitrogens with two attached hydrogens (primary N) is 1. The zero-order valence-corrected chi connectivity index (χ0v) is 11.8. The largest absolute Gasteiger partial charge is 0.409 e. The van der Waals surface area contributed by atoms with E-state index in [-0.39, 0.29) is 5.84 Å². The summed E-state index contributed by atoms with van der Waals surface area (Å²) < 4.78 is 2.17. The number of nitrogens with zero attached hydrogens (tertiary/aromatic N) is 2. The molecule has 4 heteroatoms. The Hall–Kier alpha value is -2.75. The minimum Gasteiger partial charge on any atom is -0.409 e. The van der Waals surface area contributed by atoms with Crippen LogP contribution in [0.15, 0.2) is 59.9 Å². The molecule has 0 saturated carbocycles. The number of hydrogen-bond donors (Lipinski definition) is 2. The van der Waals surface area contributed by atoms with Crippen LogP contribution in [0.5, 0.6) is 0 Å². The Labute approximate surface area is 123 Å². The van der Waals surface area contributed by atoms with E-state index in [2.05, 4.69) is 47.1 Å². The molecule has 0 bridgehead atoms. The lowest BCUT2D eigenvalue weighted by Crippen LogP contribution is -2.13. The molecule has 3 aromatic rings. The van der Waals surface area contributed by atoms with E-state index >= 15 is 0 Å². The zero-order valence-electron chi connectivity index (χ0n) is 11.8. The molecule has 1 heterocycles. The van der Waals surface area contributed by atoms with E-state index in [9.17, 15) is 0 Å². The quantitative estimate of drug-likeness (QED) is 0.335. The van der Waals surface area contributed by atoms with Crippen molar-refractivity contribution in [2.45, 2.75) is 13.5 Å². The molecule has 2 aromatic carbocycles. The van der Waals surface area contributed by atoms with Gasteiger partial charge in [-0.05, 0) is 35.6 Å². The van der Waals surface area contributed by atoms with Crippen molar-refractivity contribution in [2.75, 3.05) is 0 Å². The van der Waals surface area contributed by atoms with Gasteiger partial charge >= 0.3 is 0 Å². The number of benzene rings is 2. The zero-order chi connectivity index (χ0) is 14.8. The van der Waals surface area contributed by atoms with Crippen LogP contribution < -0.4 is 5.73 Å². The number of rotatable bonds is 3. The minimum atomic E-state index is 0.126. The fourth-order valence-corrected chi connectivity index (χ4v) is 2.51. The van der Waals surface area contributed by atoms with Crippen LogP contribution in [0.25, 0.3) is 10.9 Å². The summed E-state index contributed by atoms with van der Waals surface area (Å²) in [6.45, 7) is 2.92. The van der Waals surface area contributed by atoms with Gasteiger partial charge in [-0.3, -0.25) is 0 Å². The lowest BCUT2D eigenvalue weighted by atomic mass is 10.1. The summed E-state index contributed by atoms with van der Waals surface area (Å²) in [5, 5.41) is 13.0. The third kappa shape index (κ3) is 2.48. The molecule has 0 aliphatic heterocycles. The van der Waals surface area contributed by atoms with Gasteiger partial charge in [0, 0.05) is 23.8 Å². The summed E-state index contributed by atoms with van der Waals surface area (Å²) in [7, 11) is 0. The molecular weight excluding hydrogens is 262 g/mol. The molecule has 0 aliphatic carbocycles. The van der Waals surface area contributed by atoms with Gasteiger partial charge in [0.2, 0.25) is 0 Å². The molecule has 0 radical (unpaired) electrons. The van der Waals surface area contributed by atoms with E-state index in [0.29, 0.717) is 0 Å². The molecule has 0 saturated heterocycles. The van der Waals surface area contributed by atoms with Gasteiger partial charge in [0.15, 0.2) is 5.84 Å². The molecule has 0 amide bonds. The van der Waals surface area contributed by atoms with E-state index < -0.39 is 0 Å². The second kappa shape index (κ2) is 5.32. The van der Waals surface area contributed by atoms with Gasteiger partial charge in [-0.15, -0.1) is 0 Å². The fraction of sp³-hybridized carbons (Fsp3) is 0.118. The Morgan fingerprint density at radius 2 is 2.00 bits per heavy atom. The molecule has 4 nitrogen and oxygen atoms in total. The first-order valence-electron chi connectivity index (χ1n) is 6.80. The number of aryl methyl sites for hydroxylation is 1. The van der Waals surface area contributed by atoms with E-state index in [1.165, 1.54) is 11.1 Å². The van der Waals surface area contributed by atoms with Crippen LogP contribution in [0.3, 0.4) is 0 Å². The Morgan fingerprint density at radius 1 is 1.19 bits per heavy atom. The molecule has 0 atom stereocenters. The van der Waals surface area contributed by atoms with Crippen molar-refractivity contribution in [1.82, 2.24) is 4.57 Å². The molecule has 0 unspecified atom stereocenters. The maximum absolute atomic E-state index is 8.81. The lowest BCUT2D eigenvalue weighted by molar-refractivity contribution is 0.318. The van der Waals surface area contributed by atoms with Gasteiger partial charge in [0.05, 0.1) is 0 Å². The first-order valence-corrected chi connectivity index (χ1v) is 6.80. The summed E-state index contributed by atoms with van der Waals surface area (Å²) in [4.78, 5) is 0. The molecule has 106 valence electrons. The van der Waals surface area contributed by atoms with Crippen molar-refractivity contribution < 1.29 is 5.21 Å². The first kappa shape index (κ1) is 13.2. The smallest absolute Gasteiger partial charge is 0.170 e. The topological polar surface area (TPSA) is 63.5 Å². The highest BCUT2D eigenvalue weighted by molar-refractivity contribution is 6.00. The second-order valence-electron chi connectivity index (χ2n) is 5.13. The number of hydrogen-bond acceptors (Lipinski definition) is 2. The number of amidine groups is 1. The van der Waals surface area contributed by atoms with E-state index in [1.807, 2.05) is 24.3 Å². The summed E-state index contributed by atoms with van der Waals surface area (Å²) >= 11 is 0. The van der Waals surface area contributed by atoms with Gasteiger partial charge in [-0.1, -0.05) is 41.6 Å². The van der Waals surface area contributed by atoms with Crippen LogP contribution >= 0.6 is 0 Å². The summed E-state index contributed by atoms with van der Waals surface area (Å²) in [5.41, 5.74) is 10.0. The van der Waals surface area contributed by atoms with Crippen LogP contribution in [0.2, 0.25) is 0 Å². The summed E-state index contributed by atoms with van der Waals surface area (Å²) in [6.07, 6.45) is 2.06. The fourth-order valence-electron chi connectivity index (χ4n) is 2.51. The molecule has 3 N–H and O–H groups in total. The molecule has 3 rings (SSSR count). The minimum absolute atomic E-state index is 0.126. The average Bonchev–Trinajstić information content (AvgIpc) is 2.91. The standard InChI is InChI=1S/C17H17N3O/c1-12-4-2-3-5-15(12)11-20-9-8-13-6-7-14(10-16(13)20)17(18)19-21/h2-10,21H,11H2,1H3,(H2,18,19). The third-order valence-corrected chi connectivity index (χ3v) is 3.78. The van der Waals surface area contributed by atoms with Crippen molar-refractivity contribution in [3.8, 4) is 0 Å². The maximum Gasteiger partial charge on any atom is 0.170 e. The van der Waals surface area contributed by atoms with E-state index in [0.717, 1.165) is 23.0 Å². The Bertz CT molecular complexity index is 818. The summed E-state index contributed by atoms with van der Waals surface area (Å²) in [5.74, 6) is 0.126. The van der Waals surface area contributed by atoms with Crippen LogP contribution in [-0.4, -0.2) is 15.6 Å². The van der Waals surface area contributed by atoms with Crippen molar-refractivity contribution in [2.24, 2.45) is 10.9 Å². The lowest BCUT2D eigenvalue weighted by Gasteiger charge is -2.09. The van der Waals surface area contributed by atoms with Crippen LogP contribution in [0, 0.1) is 6.92 Å². The van der Waals surface area contributed by atoms with Gasteiger partial charge in [-0.25, -0.2) is 0 Å². The first-order chi connectivity index (χ1) is 10.2. The Morgan fingerprint density at radius 3 is 2.76 bits per heavy atom. The number of aromatic nitrogens is 1. The average molecular weight is 279 g/mol. The highest BCUT2D eigenvalue weighted by Gasteiger charge is 2.06. The highest BCUT2D eigenvalue weighted by Crippen LogP contribution is 2.20. The predicted octanol–water partition coefficient (Wildman–Crippen LogP) is 3.09. The second-order valence-corrected chi connectivity index (χ2v) is 5.13. The molecule has 0 fully saturated rings. The molecule has 21 heavy (non-hydrogen) atoms. The molecular formula is C17H17N3O. The van der Waals surface area contributed by atoms with Crippen molar-refractivity contribution in [3.63, 3.8) is 0 Å². The van der Waals surface area contributed by atoms with Crippen LogP contribution in [0.4, 0.5) is 0 Å². The third-order valence-electron chi connectivity index (χ3n) is 3.78. The Kier molecular flexibility index (Phi) is 3.36. The molecule has 0 aliphatic rings. The normalized spacial score (nSPS) is 12.0. The Balaban J connectivity index is 2.05. The van der Waals surface area contributed by atoms with Crippen molar-refractivity contribution >= 4 is 16.7 Å². The number of oxime groups is 1.